The fourth-order valence-electron chi connectivity index (χ4n) is 1.69. The van der Waals surface area contributed by atoms with Gasteiger partial charge in [0.25, 0.3) is 0 Å². The van der Waals surface area contributed by atoms with Gasteiger partial charge >= 0.3 is 5.97 Å². The van der Waals surface area contributed by atoms with Crippen LogP contribution in [0.4, 0.5) is 0 Å². The minimum absolute atomic E-state index is 0.0314. The molecule has 0 saturated carbocycles. The predicted molar refractivity (Wildman–Crippen MR) is 78.1 cm³/mol. The van der Waals surface area contributed by atoms with Crippen molar-refractivity contribution in [1.29, 1.82) is 0 Å². The van der Waals surface area contributed by atoms with Crippen LogP contribution in [0, 0.1) is 0 Å². The van der Waals surface area contributed by atoms with Gasteiger partial charge in [0, 0.05) is 25.5 Å². The number of benzene rings is 1. The highest BCUT2D eigenvalue weighted by Gasteiger charge is 2.04. The number of aldehydes is 1. The van der Waals surface area contributed by atoms with Gasteiger partial charge in [0.15, 0.2) is 6.29 Å². The van der Waals surface area contributed by atoms with Crippen molar-refractivity contribution in [2.75, 3.05) is 13.2 Å². The van der Waals surface area contributed by atoms with Gasteiger partial charge in [-0.15, -0.1) is 0 Å². The number of aliphatic carboxylic acids is 1. The Morgan fingerprint density at radius 1 is 1.23 bits per heavy atom. The third kappa shape index (κ3) is 6.74. The third-order valence-corrected chi connectivity index (χ3v) is 2.84. The first-order chi connectivity index (χ1) is 10.5. The van der Waals surface area contributed by atoms with Crippen molar-refractivity contribution in [3.05, 3.63) is 23.8 Å². The number of carbonyl (C=O) groups is 3. The summed E-state index contributed by atoms with van der Waals surface area (Å²) in [6.07, 6.45) is 1.74. The van der Waals surface area contributed by atoms with E-state index in [4.69, 9.17) is 9.84 Å². The molecule has 7 nitrogen and oxygen atoms in total. The molecule has 120 valence electrons. The topological polar surface area (TPSA) is 113 Å². The summed E-state index contributed by atoms with van der Waals surface area (Å²) >= 11 is 0. The average molecular weight is 309 g/mol. The van der Waals surface area contributed by atoms with Crippen molar-refractivity contribution >= 4 is 18.2 Å². The van der Waals surface area contributed by atoms with Crippen LogP contribution in [0.2, 0.25) is 0 Å². The van der Waals surface area contributed by atoms with Gasteiger partial charge in [-0.1, -0.05) is 0 Å². The first-order valence-corrected chi connectivity index (χ1v) is 6.92. The summed E-state index contributed by atoms with van der Waals surface area (Å²) in [6.45, 7) is 0.634. The van der Waals surface area contributed by atoms with E-state index in [-0.39, 0.29) is 30.1 Å². The molecular weight excluding hydrogens is 290 g/mol. The lowest BCUT2D eigenvalue weighted by molar-refractivity contribution is -0.137. The molecule has 0 spiro atoms. The number of nitrogens with one attached hydrogen (secondary N) is 1. The summed E-state index contributed by atoms with van der Waals surface area (Å²) in [6, 6.07) is 4.36. The van der Waals surface area contributed by atoms with Crippen LogP contribution in [0.25, 0.3) is 0 Å². The number of carboxylic acids is 1. The Hall–Kier alpha value is -2.57. The maximum Gasteiger partial charge on any atom is 0.303 e. The van der Waals surface area contributed by atoms with E-state index in [0.29, 0.717) is 38.0 Å². The highest BCUT2D eigenvalue weighted by Crippen LogP contribution is 2.22. The zero-order chi connectivity index (χ0) is 16.4. The van der Waals surface area contributed by atoms with E-state index >= 15 is 0 Å². The lowest BCUT2D eigenvalue weighted by atomic mass is 10.2. The summed E-state index contributed by atoms with van der Waals surface area (Å²) in [7, 11) is 0. The number of carboxylic acid groups (broad SMARTS) is 1. The van der Waals surface area contributed by atoms with E-state index in [1.807, 2.05) is 0 Å². The summed E-state index contributed by atoms with van der Waals surface area (Å²) in [5, 5.41) is 20.5. The number of hydrogen-bond donors (Lipinski definition) is 3. The number of phenolic OH excluding ortho intramolecular Hbond substituents is 1. The minimum Gasteiger partial charge on any atom is -0.507 e. The molecule has 0 aliphatic carbocycles. The molecule has 1 aromatic rings. The Morgan fingerprint density at radius 2 is 2.00 bits per heavy atom. The van der Waals surface area contributed by atoms with E-state index in [9.17, 15) is 19.5 Å². The highest BCUT2D eigenvalue weighted by molar-refractivity contribution is 5.79. The van der Waals surface area contributed by atoms with Crippen LogP contribution in [0.5, 0.6) is 11.5 Å². The molecule has 7 heteroatoms. The van der Waals surface area contributed by atoms with Gasteiger partial charge < -0.3 is 20.3 Å². The van der Waals surface area contributed by atoms with Crippen LogP contribution in [0.1, 0.15) is 36.0 Å². The first-order valence-electron chi connectivity index (χ1n) is 6.92. The van der Waals surface area contributed by atoms with Crippen LogP contribution >= 0.6 is 0 Å². The highest BCUT2D eigenvalue weighted by atomic mass is 16.5. The molecule has 0 aromatic heterocycles. The number of aromatic hydroxyl groups is 1. The normalized spacial score (nSPS) is 10.0. The predicted octanol–water partition coefficient (Wildman–Crippen LogP) is 1.34. The van der Waals surface area contributed by atoms with E-state index in [1.165, 1.54) is 12.1 Å². The van der Waals surface area contributed by atoms with Gasteiger partial charge in [-0.2, -0.15) is 0 Å². The van der Waals surface area contributed by atoms with E-state index in [2.05, 4.69) is 5.32 Å². The quantitative estimate of drug-likeness (QED) is 0.444. The number of hydrogen-bond acceptors (Lipinski definition) is 5. The van der Waals surface area contributed by atoms with Crippen molar-refractivity contribution in [2.45, 2.75) is 25.7 Å². The summed E-state index contributed by atoms with van der Waals surface area (Å²) in [5.74, 6) is -0.770. The maximum absolute atomic E-state index is 11.4. The van der Waals surface area contributed by atoms with Gasteiger partial charge in [0.1, 0.15) is 11.5 Å². The van der Waals surface area contributed by atoms with Gasteiger partial charge in [-0.25, -0.2) is 0 Å². The maximum atomic E-state index is 11.4. The summed E-state index contributed by atoms with van der Waals surface area (Å²) in [5.41, 5.74) is 0.188. The molecule has 1 aromatic carbocycles. The molecular formula is C15H19NO6. The molecule has 0 aliphatic rings. The lowest BCUT2D eigenvalue weighted by Gasteiger charge is -2.07. The van der Waals surface area contributed by atoms with Crippen molar-refractivity contribution in [3.63, 3.8) is 0 Å². The standard InChI is InChI=1S/C15H19NO6/c17-10-11-5-6-12(9-13(11)18)22-8-2-3-14(19)16-7-1-4-15(20)21/h5-6,9-10,18H,1-4,7-8H2,(H,16,19)(H,20,21). The zero-order valence-electron chi connectivity index (χ0n) is 12.1. The Balaban J connectivity index is 2.16. The second kappa shape index (κ2) is 9.38. The van der Waals surface area contributed by atoms with Crippen molar-refractivity contribution in [2.24, 2.45) is 0 Å². The largest absolute Gasteiger partial charge is 0.507 e. The van der Waals surface area contributed by atoms with Crippen molar-refractivity contribution < 1.29 is 29.3 Å². The Labute approximate surface area is 127 Å². The Kier molecular flexibility index (Phi) is 7.45. The number of phenols is 1. The van der Waals surface area contributed by atoms with Crippen LogP contribution < -0.4 is 10.1 Å². The van der Waals surface area contributed by atoms with Crippen molar-refractivity contribution in [1.82, 2.24) is 5.32 Å². The Morgan fingerprint density at radius 3 is 2.64 bits per heavy atom. The second-order valence-corrected chi connectivity index (χ2v) is 4.64. The molecule has 0 heterocycles. The van der Waals surface area contributed by atoms with Crippen molar-refractivity contribution in [3.8, 4) is 11.5 Å². The molecule has 1 rings (SSSR count). The second-order valence-electron chi connectivity index (χ2n) is 4.64. The van der Waals surface area contributed by atoms with Gasteiger partial charge in [-0.3, -0.25) is 14.4 Å². The third-order valence-electron chi connectivity index (χ3n) is 2.84. The minimum atomic E-state index is -0.883. The molecule has 3 N–H and O–H groups in total. The first kappa shape index (κ1) is 17.5. The molecule has 0 fully saturated rings. The number of amides is 1. The molecule has 1 amide bonds. The zero-order valence-corrected chi connectivity index (χ0v) is 12.1. The number of ether oxygens (including phenoxy) is 1. The summed E-state index contributed by atoms with van der Waals surface area (Å²) in [4.78, 5) is 32.3. The molecule has 0 atom stereocenters. The van der Waals surface area contributed by atoms with E-state index in [1.54, 1.807) is 6.07 Å². The fourth-order valence-corrected chi connectivity index (χ4v) is 1.69. The molecule has 0 aliphatic heterocycles. The smallest absolute Gasteiger partial charge is 0.303 e. The molecule has 0 saturated heterocycles. The average Bonchev–Trinajstić information content (AvgIpc) is 2.48. The summed E-state index contributed by atoms with van der Waals surface area (Å²) < 4.78 is 5.36. The molecule has 22 heavy (non-hydrogen) atoms. The SMILES string of the molecule is O=Cc1ccc(OCCCC(=O)NCCCC(=O)O)cc1O. The van der Waals surface area contributed by atoms with Crippen LogP contribution in [0.3, 0.4) is 0 Å². The van der Waals surface area contributed by atoms with E-state index in [0.717, 1.165) is 0 Å². The van der Waals surface area contributed by atoms with E-state index < -0.39 is 5.97 Å². The monoisotopic (exact) mass is 309 g/mol. The molecule has 0 radical (unpaired) electrons. The van der Waals surface area contributed by atoms with Crippen LogP contribution in [-0.2, 0) is 9.59 Å². The number of rotatable bonds is 10. The molecule has 0 bridgehead atoms. The van der Waals surface area contributed by atoms with Gasteiger partial charge in [0.2, 0.25) is 5.91 Å². The molecule has 0 unspecified atom stereocenters. The number of carbonyl (C=O) groups excluding carboxylic acids is 2. The fraction of sp³-hybridized carbons (Fsp3) is 0.400. The van der Waals surface area contributed by atoms with Crippen LogP contribution in [-0.4, -0.2) is 41.5 Å². The lowest BCUT2D eigenvalue weighted by Crippen LogP contribution is -2.25. The van der Waals surface area contributed by atoms with Crippen LogP contribution in [0.15, 0.2) is 18.2 Å². The Bertz CT molecular complexity index is 529. The van der Waals surface area contributed by atoms with Gasteiger partial charge in [-0.05, 0) is 25.0 Å². The van der Waals surface area contributed by atoms with Gasteiger partial charge in [0.05, 0.1) is 12.2 Å².